The Kier molecular flexibility index (Phi) is 4.24. The van der Waals surface area contributed by atoms with Gasteiger partial charge in [-0.25, -0.2) is 0 Å². The molecular weight excluding hydrogens is 318 g/mol. The van der Waals surface area contributed by atoms with E-state index in [9.17, 15) is 0 Å². The van der Waals surface area contributed by atoms with E-state index in [1.165, 1.54) is 27.1 Å². The summed E-state index contributed by atoms with van der Waals surface area (Å²) in [6.07, 6.45) is 10.8. The molecule has 0 saturated carbocycles. The van der Waals surface area contributed by atoms with Crippen LogP contribution in [-0.4, -0.2) is 0 Å². The van der Waals surface area contributed by atoms with Crippen LogP contribution in [0.1, 0.15) is 18.1 Å². The van der Waals surface area contributed by atoms with Crippen LogP contribution in [0.5, 0.6) is 0 Å². The van der Waals surface area contributed by atoms with Crippen LogP contribution in [0.2, 0.25) is 0 Å². The summed E-state index contributed by atoms with van der Waals surface area (Å²) in [5, 5.41) is 2.71. The molecule has 2 aliphatic rings. The van der Waals surface area contributed by atoms with Crippen LogP contribution >= 0.6 is 17.0 Å². The molecule has 0 atom stereocenters. The van der Waals surface area contributed by atoms with Crippen molar-refractivity contribution in [2.75, 3.05) is 0 Å². The van der Waals surface area contributed by atoms with Crippen LogP contribution in [0.4, 0.5) is 0 Å². The van der Waals surface area contributed by atoms with Gasteiger partial charge in [0.2, 0.25) is 0 Å². The summed E-state index contributed by atoms with van der Waals surface area (Å²) < 4.78 is 0. The second kappa shape index (κ2) is 5.49. The zero-order valence-corrected chi connectivity index (χ0v) is 12.8. The van der Waals surface area contributed by atoms with Crippen LogP contribution in [0, 0.1) is 0 Å². The van der Waals surface area contributed by atoms with Crippen LogP contribution in [0.3, 0.4) is 0 Å². The zero-order valence-electron chi connectivity index (χ0n) is 8.80. The van der Waals surface area contributed by atoms with E-state index in [0.717, 1.165) is 0 Å². The molecule has 0 aromatic heterocycles. The van der Waals surface area contributed by atoms with Gasteiger partial charge in [-0.2, -0.15) is 0 Å². The molecule has 3 rings (SSSR count). The molecule has 0 bridgehead atoms. The van der Waals surface area contributed by atoms with Gasteiger partial charge in [0.1, 0.15) is 0 Å². The third-order valence-electron chi connectivity index (χ3n) is 2.74. The molecule has 1 aromatic carbocycles. The van der Waals surface area contributed by atoms with E-state index < -0.39 is 20.8 Å². The predicted molar refractivity (Wildman–Crippen MR) is 69.0 cm³/mol. The summed E-state index contributed by atoms with van der Waals surface area (Å²) in [5.74, 6) is 0. The van der Waals surface area contributed by atoms with Gasteiger partial charge in [0.15, 0.2) is 0 Å². The van der Waals surface area contributed by atoms with Gasteiger partial charge < -0.3 is 0 Å². The van der Waals surface area contributed by atoms with Gasteiger partial charge in [0.25, 0.3) is 0 Å². The molecule has 0 heterocycles. The first kappa shape index (κ1) is 12.4. The predicted octanol–water partition coefficient (Wildman–Crippen LogP) is 3.07. The summed E-state index contributed by atoms with van der Waals surface area (Å²) >= 11 is -0.826. The van der Waals surface area contributed by atoms with Gasteiger partial charge in [-0.3, -0.25) is 0 Å². The van der Waals surface area contributed by atoms with Crippen molar-refractivity contribution in [3.8, 4) is 0 Å². The number of benzene rings is 1. The first-order valence-electron chi connectivity index (χ1n) is 4.94. The molecule has 1 aromatic rings. The Hall–Kier alpha value is -0.0969. The fourth-order valence-electron chi connectivity index (χ4n) is 1.98. The van der Waals surface area contributed by atoms with Crippen molar-refractivity contribution >= 4 is 40.8 Å². The van der Waals surface area contributed by atoms with Gasteiger partial charge in [0, 0.05) is 0 Å². The minimum absolute atomic E-state index is 0.826. The monoisotopic (exact) mass is 326 g/mol. The second-order valence-corrected chi connectivity index (χ2v) is 7.41. The standard InChI is InChI=1S/C13H10.2ClH.Zr/c1-9-5-6-12-7-10-3-2-4-11(10)8-13(9)12;;;/h2-8H,1H3;2*1H;/q;;;+2/p-2. The molecular formula is C13H10Cl2Zr. The third-order valence-corrected chi connectivity index (χ3v) is 2.74. The van der Waals surface area contributed by atoms with Crippen molar-refractivity contribution in [1.82, 2.24) is 0 Å². The number of halogens is 2. The van der Waals surface area contributed by atoms with Crippen molar-refractivity contribution in [3.05, 3.63) is 45.8 Å². The Morgan fingerprint density at radius 2 is 1.75 bits per heavy atom. The van der Waals surface area contributed by atoms with Gasteiger partial charge in [-0.1, -0.05) is 30.4 Å². The van der Waals surface area contributed by atoms with Crippen LogP contribution in [-0.2, 0) is 20.8 Å². The van der Waals surface area contributed by atoms with E-state index in [4.69, 9.17) is 17.0 Å². The maximum absolute atomic E-state index is 4.93. The molecule has 0 saturated heterocycles. The van der Waals surface area contributed by atoms with E-state index in [1.54, 1.807) is 0 Å². The van der Waals surface area contributed by atoms with E-state index >= 15 is 0 Å². The molecule has 3 heteroatoms. The quantitative estimate of drug-likeness (QED) is 0.687. The maximum atomic E-state index is 4.93. The van der Waals surface area contributed by atoms with Crippen molar-refractivity contribution in [2.24, 2.45) is 0 Å². The van der Waals surface area contributed by atoms with Gasteiger partial charge in [0.05, 0.1) is 0 Å². The Balaban J connectivity index is 0.000000292. The number of hydrogen-bond donors (Lipinski definition) is 0. The van der Waals surface area contributed by atoms with Gasteiger partial charge >= 0.3 is 37.9 Å². The van der Waals surface area contributed by atoms with Crippen molar-refractivity contribution in [1.29, 1.82) is 0 Å². The average Bonchev–Trinajstić information content (AvgIpc) is 2.84. The second-order valence-electron chi connectivity index (χ2n) is 3.68. The Bertz CT molecular complexity index is 583. The first-order valence-corrected chi connectivity index (χ1v) is 11.3. The summed E-state index contributed by atoms with van der Waals surface area (Å²) in [5.41, 5.74) is 4.11. The van der Waals surface area contributed by atoms with Crippen molar-refractivity contribution in [3.63, 3.8) is 0 Å². The number of hydrogen-bond acceptors (Lipinski definition) is 0. The molecule has 0 fully saturated rings. The Morgan fingerprint density at radius 3 is 2.50 bits per heavy atom. The normalized spacial score (nSPS) is 13.8. The van der Waals surface area contributed by atoms with E-state index in [-0.39, 0.29) is 0 Å². The van der Waals surface area contributed by atoms with E-state index in [1.807, 2.05) is 0 Å². The molecule has 0 radical (unpaired) electrons. The molecule has 2 aliphatic carbocycles. The summed E-state index contributed by atoms with van der Waals surface area (Å²) in [4.78, 5) is 0. The zero-order chi connectivity index (χ0) is 11.5. The van der Waals surface area contributed by atoms with Gasteiger partial charge in [-0.05, 0) is 46.2 Å². The Morgan fingerprint density at radius 1 is 1.00 bits per heavy atom. The minimum atomic E-state index is -0.826. The molecule has 0 unspecified atom stereocenters. The molecule has 16 heavy (non-hydrogen) atoms. The SMILES string of the molecule is CC1=CC=c2cc3c(cc21)=CC=C3.[Cl][Zr][Cl]. The topological polar surface area (TPSA) is 0 Å². The fraction of sp³-hybridized carbons (Fsp3) is 0.0769. The number of allylic oxidation sites excluding steroid dienone is 3. The summed E-state index contributed by atoms with van der Waals surface area (Å²) in [6.45, 7) is 2.16. The third kappa shape index (κ3) is 2.42. The van der Waals surface area contributed by atoms with Crippen LogP contribution in [0.15, 0.2) is 24.3 Å². The van der Waals surface area contributed by atoms with E-state index in [0.29, 0.717) is 0 Å². The van der Waals surface area contributed by atoms with Crippen molar-refractivity contribution < 1.29 is 20.8 Å². The molecule has 0 aliphatic heterocycles. The Labute approximate surface area is 114 Å². The summed E-state index contributed by atoms with van der Waals surface area (Å²) in [7, 11) is 9.87. The van der Waals surface area contributed by atoms with E-state index in [2.05, 4.69) is 49.4 Å². The molecule has 0 N–H and O–H groups in total. The number of rotatable bonds is 0. The summed E-state index contributed by atoms with van der Waals surface area (Å²) in [6, 6.07) is 4.54. The molecule has 0 nitrogen and oxygen atoms in total. The molecule has 0 amide bonds. The van der Waals surface area contributed by atoms with Crippen molar-refractivity contribution in [2.45, 2.75) is 6.92 Å². The average molecular weight is 328 g/mol. The van der Waals surface area contributed by atoms with Gasteiger partial charge in [-0.15, -0.1) is 0 Å². The van der Waals surface area contributed by atoms with Crippen LogP contribution in [0.25, 0.3) is 23.8 Å². The first-order chi connectivity index (χ1) is 7.76. The molecule has 0 spiro atoms. The fourth-order valence-corrected chi connectivity index (χ4v) is 1.98. The molecule has 80 valence electrons. The number of fused-ring (bicyclic) bond motifs is 2. The van der Waals surface area contributed by atoms with Crippen LogP contribution < -0.4 is 10.4 Å².